The van der Waals surface area contributed by atoms with Gasteiger partial charge >= 0.3 is 5.91 Å². The summed E-state index contributed by atoms with van der Waals surface area (Å²) in [6.07, 6.45) is 0. The molecule has 1 aromatic heterocycles. The largest absolute Gasteiger partial charge is 0.366 e. The van der Waals surface area contributed by atoms with Gasteiger partial charge in [0.2, 0.25) is 5.82 Å². The summed E-state index contributed by atoms with van der Waals surface area (Å²) in [5.41, 5.74) is 4.73. The number of anilines is 1. The van der Waals surface area contributed by atoms with E-state index < -0.39 is 5.91 Å². The Balaban J connectivity index is 1.91. The third kappa shape index (κ3) is 3.74. The van der Waals surface area contributed by atoms with E-state index in [0.717, 1.165) is 11.1 Å². The Morgan fingerprint density at radius 1 is 0.958 bits per heavy atom. The second-order valence-corrected chi connectivity index (χ2v) is 5.14. The minimum absolute atomic E-state index is 0.0226. The van der Waals surface area contributed by atoms with Crippen LogP contribution in [-0.4, -0.2) is 15.9 Å². The summed E-state index contributed by atoms with van der Waals surface area (Å²) in [5, 5.41) is 3.22. The maximum absolute atomic E-state index is 11.8. The molecule has 0 radical (unpaired) electrons. The summed E-state index contributed by atoms with van der Waals surface area (Å²) in [4.78, 5) is 20.4. The molecule has 0 bridgehead atoms. The molecule has 0 unspecified atom stereocenters. The number of hydrogen-bond acceptors (Lipinski definition) is 5. The maximum atomic E-state index is 11.8. The molecule has 2 aromatic carbocycles. The van der Waals surface area contributed by atoms with Gasteiger partial charge in [-0.2, -0.15) is 0 Å². The Morgan fingerprint density at radius 3 is 2.29 bits per heavy atom. The van der Waals surface area contributed by atoms with Gasteiger partial charge in [0, 0.05) is 18.2 Å². The van der Waals surface area contributed by atoms with Crippen LogP contribution in [0.1, 0.15) is 16.2 Å². The molecule has 0 atom stereocenters. The van der Waals surface area contributed by atoms with Gasteiger partial charge < -0.3 is 5.32 Å². The van der Waals surface area contributed by atoms with Gasteiger partial charge in [0.15, 0.2) is 0 Å². The Labute approximate surface area is 139 Å². The zero-order chi connectivity index (χ0) is 16.8. The van der Waals surface area contributed by atoms with Gasteiger partial charge in [-0.05, 0) is 5.56 Å². The van der Waals surface area contributed by atoms with E-state index in [-0.39, 0.29) is 5.82 Å². The number of nitrogens with two attached hydrogens (primary N) is 1. The standard InChI is InChI=1S/C18H17N5O/c19-23-18(24)17-21-15(14-9-5-2-6-10-14)11-16(22-17)20-12-13-7-3-1-4-8-13/h1-11H,12,19H2,(H,23,24)(H,20,21,22). The number of nitrogens with one attached hydrogen (secondary N) is 2. The van der Waals surface area contributed by atoms with Crippen LogP contribution in [0.3, 0.4) is 0 Å². The highest BCUT2D eigenvalue weighted by Crippen LogP contribution is 2.20. The van der Waals surface area contributed by atoms with Crippen molar-refractivity contribution in [1.29, 1.82) is 0 Å². The lowest BCUT2D eigenvalue weighted by atomic mass is 10.1. The van der Waals surface area contributed by atoms with Crippen LogP contribution in [0.2, 0.25) is 0 Å². The normalized spacial score (nSPS) is 10.2. The molecule has 6 nitrogen and oxygen atoms in total. The average molecular weight is 319 g/mol. The van der Waals surface area contributed by atoms with Gasteiger partial charge in [-0.1, -0.05) is 60.7 Å². The minimum atomic E-state index is -0.532. The molecule has 120 valence electrons. The third-order valence-electron chi connectivity index (χ3n) is 3.45. The molecule has 4 N–H and O–H groups in total. The number of nitrogens with zero attached hydrogens (tertiary/aromatic N) is 2. The second-order valence-electron chi connectivity index (χ2n) is 5.14. The summed E-state index contributed by atoms with van der Waals surface area (Å²) in [6, 6.07) is 21.3. The van der Waals surface area contributed by atoms with Crippen molar-refractivity contribution in [3.8, 4) is 11.3 Å². The molecule has 0 aliphatic carbocycles. The van der Waals surface area contributed by atoms with Crippen molar-refractivity contribution in [2.75, 3.05) is 5.32 Å². The quantitative estimate of drug-likeness (QED) is 0.381. The third-order valence-corrected chi connectivity index (χ3v) is 3.45. The molecular formula is C18H17N5O. The SMILES string of the molecule is NNC(=O)c1nc(NCc2ccccc2)cc(-c2ccccc2)n1. The number of hydrazine groups is 1. The van der Waals surface area contributed by atoms with Crippen molar-refractivity contribution in [2.45, 2.75) is 6.54 Å². The fourth-order valence-corrected chi connectivity index (χ4v) is 2.25. The second kappa shape index (κ2) is 7.34. The number of aromatic nitrogens is 2. The molecule has 0 saturated heterocycles. The lowest BCUT2D eigenvalue weighted by Gasteiger charge is -2.10. The fourth-order valence-electron chi connectivity index (χ4n) is 2.25. The summed E-state index contributed by atoms with van der Waals surface area (Å²) in [6.45, 7) is 0.593. The van der Waals surface area contributed by atoms with Gasteiger partial charge in [-0.3, -0.25) is 10.2 Å². The number of nitrogen functional groups attached to an aromatic ring is 1. The van der Waals surface area contributed by atoms with Crippen molar-refractivity contribution in [2.24, 2.45) is 5.84 Å². The minimum Gasteiger partial charge on any atom is -0.366 e. The first-order chi connectivity index (χ1) is 11.8. The molecule has 0 fully saturated rings. The average Bonchev–Trinajstić information content (AvgIpc) is 2.67. The number of rotatable bonds is 5. The van der Waals surface area contributed by atoms with Crippen molar-refractivity contribution >= 4 is 11.7 Å². The van der Waals surface area contributed by atoms with E-state index in [1.807, 2.05) is 66.7 Å². The Bertz CT molecular complexity index is 821. The van der Waals surface area contributed by atoms with E-state index in [4.69, 9.17) is 5.84 Å². The summed E-state index contributed by atoms with van der Waals surface area (Å²) in [5.74, 6) is 5.26. The van der Waals surface area contributed by atoms with Crippen LogP contribution in [0.5, 0.6) is 0 Å². The van der Waals surface area contributed by atoms with Crippen molar-refractivity contribution in [1.82, 2.24) is 15.4 Å². The topological polar surface area (TPSA) is 92.9 Å². The number of hydrogen-bond donors (Lipinski definition) is 3. The fraction of sp³-hybridized carbons (Fsp3) is 0.0556. The van der Waals surface area contributed by atoms with E-state index >= 15 is 0 Å². The summed E-state index contributed by atoms with van der Waals surface area (Å²) < 4.78 is 0. The van der Waals surface area contributed by atoms with Crippen molar-refractivity contribution in [3.05, 3.63) is 78.1 Å². The van der Waals surface area contributed by atoms with Gasteiger partial charge in [-0.25, -0.2) is 15.8 Å². The van der Waals surface area contributed by atoms with Crippen LogP contribution in [0.4, 0.5) is 5.82 Å². The van der Waals surface area contributed by atoms with E-state index in [0.29, 0.717) is 18.1 Å². The molecule has 6 heteroatoms. The molecule has 3 aromatic rings. The van der Waals surface area contributed by atoms with Crippen LogP contribution in [0.15, 0.2) is 66.7 Å². The monoisotopic (exact) mass is 319 g/mol. The van der Waals surface area contributed by atoms with Gasteiger partial charge in [0.25, 0.3) is 0 Å². The zero-order valence-electron chi connectivity index (χ0n) is 12.9. The van der Waals surface area contributed by atoms with Gasteiger partial charge in [-0.15, -0.1) is 0 Å². The maximum Gasteiger partial charge on any atom is 0.303 e. The first kappa shape index (κ1) is 15.6. The molecule has 0 saturated carbocycles. The smallest absolute Gasteiger partial charge is 0.303 e. The first-order valence-electron chi connectivity index (χ1n) is 7.49. The molecule has 0 aliphatic rings. The Hall–Kier alpha value is -3.25. The van der Waals surface area contributed by atoms with Crippen LogP contribution >= 0.6 is 0 Å². The predicted octanol–water partition coefficient (Wildman–Crippen LogP) is 2.36. The predicted molar refractivity (Wildman–Crippen MR) is 92.9 cm³/mol. The highest BCUT2D eigenvalue weighted by Gasteiger charge is 2.12. The van der Waals surface area contributed by atoms with E-state index in [1.165, 1.54) is 0 Å². The summed E-state index contributed by atoms with van der Waals surface area (Å²) in [7, 11) is 0. The van der Waals surface area contributed by atoms with E-state index in [2.05, 4.69) is 20.7 Å². The molecule has 3 rings (SSSR count). The van der Waals surface area contributed by atoms with Crippen LogP contribution in [0, 0.1) is 0 Å². The highest BCUT2D eigenvalue weighted by molar-refractivity contribution is 5.91. The molecule has 24 heavy (non-hydrogen) atoms. The first-order valence-corrected chi connectivity index (χ1v) is 7.49. The summed E-state index contributed by atoms with van der Waals surface area (Å²) >= 11 is 0. The number of carbonyl (C=O) groups excluding carboxylic acids is 1. The number of amides is 1. The Morgan fingerprint density at radius 2 is 1.62 bits per heavy atom. The molecule has 1 heterocycles. The Kier molecular flexibility index (Phi) is 4.78. The molecule has 1 amide bonds. The van der Waals surface area contributed by atoms with Crippen LogP contribution in [-0.2, 0) is 6.54 Å². The van der Waals surface area contributed by atoms with Crippen LogP contribution in [0.25, 0.3) is 11.3 Å². The van der Waals surface area contributed by atoms with Crippen LogP contribution < -0.4 is 16.6 Å². The van der Waals surface area contributed by atoms with Crippen molar-refractivity contribution in [3.63, 3.8) is 0 Å². The van der Waals surface area contributed by atoms with Crippen molar-refractivity contribution < 1.29 is 4.79 Å². The van der Waals surface area contributed by atoms with E-state index in [9.17, 15) is 4.79 Å². The molecule has 0 aliphatic heterocycles. The lowest BCUT2D eigenvalue weighted by molar-refractivity contribution is 0.0943. The number of benzene rings is 2. The lowest BCUT2D eigenvalue weighted by Crippen LogP contribution is -2.31. The number of carbonyl (C=O) groups is 1. The zero-order valence-corrected chi connectivity index (χ0v) is 12.9. The van der Waals surface area contributed by atoms with Gasteiger partial charge in [0.05, 0.1) is 5.69 Å². The molecular weight excluding hydrogens is 302 g/mol. The van der Waals surface area contributed by atoms with Gasteiger partial charge in [0.1, 0.15) is 5.82 Å². The molecule has 0 spiro atoms. The highest BCUT2D eigenvalue weighted by atomic mass is 16.2. The van der Waals surface area contributed by atoms with E-state index in [1.54, 1.807) is 0 Å².